The minimum absolute atomic E-state index is 0.191. The first-order valence-electron chi connectivity index (χ1n) is 11.1. The highest BCUT2D eigenvalue weighted by atomic mass is 16.5. The lowest BCUT2D eigenvalue weighted by molar-refractivity contribution is -0.144. The smallest absolute Gasteiger partial charge is 0.327 e. The molecule has 0 fully saturated rings. The first kappa shape index (κ1) is 25.5. The van der Waals surface area contributed by atoms with Crippen molar-refractivity contribution in [1.29, 1.82) is 0 Å². The molecule has 2 unspecified atom stereocenters. The highest BCUT2D eigenvalue weighted by molar-refractivity contribution is 5.88. The molecule has 0 aliphatic heterocycles. The van der Waals surface area contributed by atoms with Crippen LogP contribution in [0.1, 0.15) is 54.9 Å². The molecule has 0 radical (unpaired) electrons. The number of aliphatic carboxylic acids is 1. The number of carbonyl (C=O) groups is 3. The fourth-order valence-corrected chi connectivity index (χ4v) is 3.68. The molecule has 0 bridgehead atoms. The molecule has 1 aromatic heterocycles. The lowest BCUT2D eigenvalue weighted by Crippen LogP contribution is -2.32. The van der Waals surface area contributed by atoms with E-state index in [2.05, 4.69) is 26.2 Å². The van der Waals surface area contributed by atoms with Crippen LogP contribution in [0.2, 0.25) is 0 Å². The van der Waals surface area contributed by atoms with Crippen LogP contribution in [0.25, 0.3) is 0 Å². The minimum Gasteiger partial charge on any atom is -0.481 e. The molecule has 2 aromatic carbocycles. The number of nitrogens with zero attached hydrogens (tertiary/aromatic N) is 4. The van der Waals surface area contributed by atoms with E-state index < -0.39 is 24.0 Å². The van der Waals surface area contributed by atoms with Crippen LogP contribution in [0.5, 0.6) is 0 Å². The van der Waals surface area contributed by atoms with Crippen LogP contribution in [-0.2, 0) is 25.7 Å². The normalized spacial score (nSPS) is 12.5. The molecule has 2 atom stereocenters. The first-order valence-corrected chi connectivity index (χ1v) is 11.1. The average molecular weight is 481 g/mol. The lowest BCUT2D eigenvalue weighted by Gasteiger charge is -2.25. The van der Waals surface area contributed by atoms with Gasteiger partial charge in [0.25, 0.3) is 0 Å². The summed E-state index contributed by atoms with van der Waals surface area (Å²) in [4.78, 5) is 35.2. The van der Waals surface area contributed by atoms with E-state index in [-0.39, 0.29) is 25.5 Å². The van der Waals surface area contributed by atoms with E-state index in [9.17, 15) is 19.5 Å². The van der Waals surface area contributed by atoms with Gasteiger partial charge in [-0.1, -0.05) is 42.0 Å². The number of benzene rings is 2. The van der Waals surface area contributed by atoms with E-state index in [0.29, 0.717) is 17.1 Å². The van der Waals surface area contributed by atoms with Gasteiger partial charge in [0.2, 0.25) is 5.91 Å². The van der Waals surface area contributed by atoms with Gasteiger partial charge in [-0.15, -0.1) is 5.10 Å². The van der Waals surface area contributed by atoms with E-state index in [0.717, 1.165) is 11.1 Å². The number of hydrogen-bond acceptors (Lipinski definition) is 8. The molecule has 3 N–H and O–H groups in total. The van der Waals surface area contributed by atoms with Gasteiger partial charge in [0.1, 0.15) is 6.54 Å². The second kappa shape index (κ2) is 11.8. The van der Waals surface area contributed by atoms with Crippen molar-refractivity contribution in [3.05, 3.63) is 71.0 Å². The second-order valence-corrected chi connectivity index (χ2v) is 7.97. The van der Waals surface area contributed by atoms with Gasteiger partial charge < -0.3 is 15.2 Å². The van der Waals surface area contributed by atoms with Crippen molar-refractivity contribution >= 4 is 23.5 Å². The predicted octanol–water partition coefficient (Wildman–Crippen LogP) is 2.40. The van der Waals surface area contributed by atoms with Crippen molar-refractivity contribution in [2.75, 3.05) is 11.9 Å². The quantitative estimate of drug-likeness (QED) is 0.352. The summed E-state index contributed by atoms with van der Waals surface area (Å²) in [7, 11) is 0. The summed E-state index contributed by atoms with van der Waals surface area (Å²) >= 11 is 0. The number of amides is 1. The number of tetrazole rings is 1. The fraction of sp³-hybridized carbons (Fsp3) is 0.333. The number of nitrogens with one attached hydrogen (secondary N) is 2. The summed E-state index contributed by atoms with van der Waals surface area (Å²) < 4.78 is 6.36. The summed E-state index contributed by atoms with van der Waals surface area (Å²) in [6.07, 6.45) is -0.191. The Balaban J connectivity index is 2.02. The summed E-state index contributed by atoms with van der Waals surface area (Å²) in [6, 6.07) is 13.3. The van der Waals surface area contributed by atoms with E-state index >= 15 is 0 Å². The van der Waals surface area contributed by atoms with E-state index in [1.807, 2.05) is 31.2 Å². The molecular weight excluding hydrogens is 452 g/mol. The number of aromatic nitrogens is 4. The summed E-state index contributed by atoms with van der Waals surface area (Å²) in [5.41, 5.74) is 3.09. The van der Waals surface area contributed by atoms with Gasteiger partial charge in [-0.05, 0) is 47.5 Å². The Morgan fingerprint density at radius 2 is 1.86 bits per heavy atom. The predicted molar refractivity (Wildman–Crippen MR) is 126 cm³/mol. The number of carbonyl (C=O) groups excluding carboxylic acids is 2. The Morgan fingerprint density at radius 1 is 1.11 bits per heavy atom. The molecule has 11 heteroatoms. The van der Waals surface area contributed by atoms with Gasteiger partial charge in [-0.25, -0.2) is 4.68 Å². The van der Waals surface area contributed by atoms with E-state index in [1.165, 1.54) is 11.6 Å². The fourth-order valence-electron chi connectivity index (χ4n) is 3.68. The Kier molecular flexibility index (Phi) is 8.63. The van der Waals surface area contributed by atoms with Crippen molar-refractivity contribution in [3.63, 3.8) is 0 Å². The topological polar surface area (TPSA) is 148 Å². The molecule has 0 aliphatic rings. The number of carboxylic acid groups (broad SMARTS) is 1. The average Bonchev–Trinajstić information content (AvgIpc) is 3.24. The molecule has 3 aromatic rings. The Bertz CT molecular complexity index is 1180. The summed E-state index contributed by atoms with van der Waals surface area (Å²) in [5.74, 6) is -1.36. The zero-order valence-corrected chi connectivity index (χ0v) is 19.8. The van der Waals surface area contributed by atoms with Crippen LogP contribution < -0.4 is 10.6 Å². The second-order valence-electron chi connectivity index (χ2n) is 7.97. The van der Waals surface area contributed by atoms with Crippen LogP contribution >= 0.6 is 0 Å². The standard InChI is InChI=1S/C24H28N6O5/c1-4-35-22(34)14-30-24(27-28-29-30)23(17-8-10-19(11-9-17)25-16(3)31)26-20(13-21(32)33)18-7-5-6-15(2)12-18/h5-12,20,23,26H,4,13-14H2,1-3H3,(H,25,31)(H,32,33). The highest BCUT2D eigenvalue weighted by Gasteiger charge is 2.27. The SMILES string of the molecule is CCOC(=O)Cn1nnnc1C(NC(CC(=O)O)c1cccc(C)c1)c1ccc(NC(C)=O)cc1. The molecule has 0 spiro atoms. The molecule has 11 nitrogen and oxygen atoms in total. The third-order valence-corrected chi connectivity index (χ3v) is 5.16. The number of esters is 1. The zero-order chi connectivity index (χ0) is 25.4. The molecule has 0 aliphatic carbocycles. The van der Waals surface area contributed by atoms with Gasteiger partial charge in [0.05, 0.1) is 19.1 Å². The number of ether oxygens (including phenoxy) is 1. The Morgan fingerprint density at radius 3 is 2.49 bits per heavy atom. The Labute approximate surface area is 202 Å². The van der Waals surface area contributed by atoms with Crippen molar-refractivity contribution < 1.29 is 24.2 Å². The molecular formula is C24H28N6O5. The van der Waals surface area contributed by atoms with Crippen LogP contribution in [0, 0.1) is 6.92 Å². The zero-order valence-electron chi connectivity index (χ0n) is 19.8. The molecule has 35 heavy (non-hydrogen) atoms. The number of anilines is 1. The van der Waals surface area contributed by atoms with Crippen molar-refractivity contribution in [2.24, 2.45) is 0 Å². The molecule has 3 rings (SSSR count). The lowest BCUT2D eigenvalue weighted by atomic mass is 9.98. The van der Waals surface area contributed by atoms with Crippen LogP contribution in [0.4, 0.5) is 5.69 Å². The maximum atomic E-state index is 12.1. The first-order chi connectivity index (χ1) is 16.8. The third kappa shape index (κ3) is 7.18. The third-order valence-electron chi connectivity index (χ3n) is 5.16. The van der Waals surface area contributed by atoms with Crippen molar-refractivity contribution in [1.82, 2.24) is 25.5 Å². The van der Waals surface area contributed by atoms with Gasteiger partial charge in [0.15, 0.2) is 5.82 Å². The molecule has 184 valence electrons. The molecule has 0 saturated heterocycles. The van der Waals surface area contributed by atoms with Gasteiger partial charge >= 0.3 is 11.9 Å². The monoisotopic (exact) mass is 480 g/mol. The van der Waals surface area contributed by atoms with Crippen LogP contribution in [0.15, 0.2) is 48.5 Å². The van der Waals surface area contributed by atoms with Crippen molar-refractivity contribution in [3.8, 4) is 0 Å². The van der Waals surface area contributed by atoms with E-state index in [1.54, 1.807) is 31.2 Å². The molecule has 1 heterocycles. The number of hydrogen-bond donors (Lipinski definition) is 3. The Hall–Kier alpha value is -4.12. The van der Waals surface area contributed by atoms with Crippen LogP contribution in [-0.4, -0.2) is 49.8 Å². The van der Waals surface area contributed by atoms with Crippen molar-refractivity contribution in [2.45, 2.75) is 45.8 Å². The highest BCUT2D eigenvalue weighted by Crippen LogP contribution is 2.28. The summed E-state index contributed by atoms with van der Waals surface area (Å²) in [5, 5.41) is 27.5. The molecule has 0 saturated carbocycles. The number of aryl methyl sites for hydroxylation is 1. The minimum atomic E-state index is -0.977. The summed E-state index contributed by atoms with van der Waals surface area (Å²) in [6.45, 7) is 5.07. The van der Waals surface area contributed by atoms with Gasteiger partial charge in [-0.3, -0.25) is 19.7 Å². The van der Waals surface area contributed by atoms with Crippen LogP contribution in [0.3, 0.4) is 0 Å². The maximum absolute atomic E-state index is 12.1. The van der Waals surface area contributed by atoms with E-state index in [4.69, 9.17) is 4.74 Å². The number of rotatable bonds is 11. The van der Waals surface area contributed by atoms with Gasteiger partial charge in [0, 0.05) is 18.7 Å². The number of carboxylic acids is 1. The molecule has 1 amide bonds. The largest absolute Gasteiger partial charge is 0.481 e. The maximum Gasteiger partial charge on any atom is 0.327 e. The van der Waals surface area contributed by atoms with Gasteiger partial charge in [-0.2, -0.15) is 0 Å².